The minimum Gasteiger partial charge on any atom is -0.506 e. The summed E-state index contributed by atoms with van der Waals surface area (Å²) in [4.78, 5) is 8.76. The molecule has 7 heteroatoms. The summed E-state index contributed by atoms with van der Waals surface area (Å²) in [6.45, 7) is 0.399. The maximum atomic E-state index is 9.75. The summed E-state index contributed by atoms with van der Waals surface area (Å²) in [6.07, 6.45) is 2.71. The zero-order valence-electron chi connectivity index (χ0n) is 9.76. The van der Waals surface area contributed by atoms with E-state index in [4.69, 9.17) is 17.0 Å². The molecule has 0 radical (unpaired) electrons. The number of fused-ring (bicyclic) bond motifs is 1. The molecule has 19 heavy (non-hydrogen) atoms. The fraction of sp³-hybridized carbons (Fsp3) is 0.0833. The number of nitrogens with zero attached hydrogens (tertiary/aromatic N) is 2. The van der Waals surface area contributed by atoms with Gasteiger partial charge in [-0.15, -0.1) is 12.6 Å². The van der Waals surface area contributed by atoms with Crippen molar-refractivity contribution in [2.75, 3.05) is 11.9 Å². The normalized spacial score (nSPS) is 11.6. The van der Waals surface area contributed by atoms with Crippen LogP contribution in [0.4, 0.5) is 5.82 Å². The lowest BCUT2D eigenvalue weighted by Gasteiger charge is -2.09. The number of phenols is 1. The van der Waals surface area contributed by atoms with Gasteiger partial charge in [0.25, 0.3) is 0 Å². The number of nitrogens with one attached hydrogen (secondary N) is 2. The fourth-order valence-electron chi connectivity index (χ4n) is 1.57. The number of halogens is 1. The Morgan fingerprint density at radius 1 is 1.47 bits per heavy atom. The number of anilines is 1. The molecule has 0 bridgehead atoms. The van der Waals surface area contributed by atoms with Crippen LogP contribution in [0.15, 0.2) is 29.2 Å². The zero-order valence-corrected chi connectivity index (χ0v) is 11.4. The van der Waals surface area contributed by atoms with Crippen LogP contribution in [0.2, 0.25) is 5.28 Å². The van der Waals surface area contributed by atoms with Gasteiger partial charge in [0, 0.05) is 23.1 Å². The Morgan fingerprint density at radius 2 is 2.26 bits per heavy atom. The van der Waals surface area contributed by atoms with Crippen LogP contribution in [0.1, 0.15) is 0 Å². The number of aromatic hydroxyl groups is 1. The van der Waals surface area contributed by atoms with E-state index in [1.807, 2.05) is 0 Å². The lowest BCUT2D eigenvalue weighted by atomic mass is 10.2. The van der Waals surface area contributed by atoms with Crippen molar-refractivity contribution in [2.24, 2.45) is 0 Å². The summed E-state index contributed by atoms with van der Waals surface area (Å²) in [5, 5.41) is 20.5. The summed E-state index contributed by atoms with van der Waals surface area (Å²) in [5.74, 6) is 0.557. The number of aromatic nitrogens is 2. The van der Waals surface area contributed by atoms with Crippen molar-refractivity contribution in [3.63, 3.8) is 0 Å². The van der Waals surface area contributed by atoms with Gasteiger partial charge in [-0.2, -0.15) is 0 Å². The van der Waals surface area contributed by atoms with E-state index in [1.165, 1.54) is 6.07 Å². The third-order valence-corrected chi connectivity index (χ3v) is 2.87. The number of rotatable bonds is 4. The first-order chi connectivity index (χ1) is 9.11. The summed E-state index contributed by atoms with van der Waals surface area (Å²) < 4.78 is 0. The van der Waals surface area contributed by atoms with Crippen molar-refractivity contribution >= 4 is 47.2 Å². The number of allylic oxidation sites excluding steroid dienone is 1. The number of thiol groups is 1. The molecule has 5 nitrogen and oxygen atoms in total. The van der Waals surface area contributed by atoms with Crippen molar-refractivity contribution in [2.45, 2.75) is 0 Å². The first kappa shape index (κ1) is 13.6. The Morgan fingerprint density at radius 3 is 3.00 bits per heavy atom. The first-order valence-corrected chi connectivity index (χ1v) is 6.22. The number of para-hydroxylation sites is 1. The van der Waals surface area contributed by atoms with Gasteiger partial charge in [0.05, 0.1) is 0 Å². The molecule has 3 N–H and O–H groups in total. The Balaban J connectivity index is 2.40. The number of phenolic OH excluding ortho intramolecular Hbond substituents is 1. The van der Waals surface area contributed by atoms with E-state index in [1.54, 1.807) is 18.2 Å². The molecule has 0 atom stereocenters. The minimum atomic E-state index is 0.0472. The molecule has 0 aliphatic carbocycles. The van der Waals surface area contributed by atoms with E-state index in [-0.39, 0.29) is 11.0 Å². The van der Waals surface area contributed by atoms with Crippen molar-refractivity contribution < 1.29 is 5.11 Å². The van der Waals surface area contributed by atoms with Gasteiger partial charge in [0.1, 0.15) is 17.1 Å². The monoisotopic (exact) mass is 294 g/mol. The zero-order chi connectivity index (χ0) is 13.8. The molecule has 1 heterocycles. The summed E-state index contributed by atoms with van der Waals surface area (Å²) in [7, 11) is 0. The van der Waals surface area contributed by atoms with Crippen LogP contribution < -0.4 is 5.32 Å². The topological polar surface area (TPSA) is 81.9 Å². The highest BCUT2D eigenvalue weighted by atomic mass is 35.5. The summed E-state index contributed by atoms with van der Waals surface area (Å²) >= 11 is 10.0. The van der Waals surface area contributed by atoms with Crippen molar-refractivity contribution in [1.29, 1.82) is 5.41 Å². The molecular formula is C12H11ClN4OS. The Labute approximate surface area is 120 Å². The molecule has 0 aliphatic rings. The van der Waals surface area contributed by atoms with Gasteiger partial charge in [0.15, 0.2) is 0 Å². The van der Waals surface area contributed by atoms with E-state index in [0.717, 1.165) is 6.21 Å². The van der Waals surface area contributed by atoms with E-state index >= 15 is 0 Å². The number of benzene rings is 1. The van der Waals surface area contributed by atoms with Gasteiger partial charge in [-0.3, -0.25) is 0 Å². The summed E-state index contributed by atoms with van der Waals surface area (Å²) in [5.41, 5.74) is 0.391. The molecule has 2 rings (SSSR count). The SMILES string of the molecule is N=C/C=C(\S)CNc1nc(Cl)nc2c(O)cccc12. The predicted octanol–water partition coefficient (Wildman–Crippen LogP) is 2.86. The lowest BCUT2D eigenvalue weighted by molar-refractivity contribution is 0.480. The predicted molar refractivity (Wildman–Crippen MR) is 80.6 cm³/mol. The second kappa shape index (κ2) is 5.90. The number of hydrogen-bond acceptors (Lipinski definition) is 6. The van der Waals surface area contributed by atoms with Crippen molar-refractivity contribution in [3.05, 3.63) is 34.5 Å². The minimum absolute atomic E-state index is 0.0472. The van der Waals surface area contributed by atoms with E-state index < -0.39 is 0 Å². The smallest absolute Gasteiger partial charge is 0.225 e. The second-order valence-corrected chi connectivity index (χ2v) is 4.61. The number of hydrogen-bond donors (Lipinski definition) is 4. The third-order valence-electron chi connectivity index (χ3n) is 2.39. The van der Waals surface area contributed by atoms with Crippen LogP contribution in [0.3, 0.4) is 0 Å². The van der Waals surface area contributed by atoms with Gasteiger partial charge in [0.2, 0.25) is 5.28 Å². The van der Waals surface area contributed by atoms with E-state index in [9.17, 15) is 5.11 Å². The molecule has 1 aromatic heterocycles. The van der Waals surface area contributed by atoms with Crippen LogP contribution in [-0.2, 0) is 0 Å². The first-order valence-electron chi connectivity index (χ1n) is 5.39. The quantitative estimate of drug-likeness (QED) is 0.397. The van der Waals surface area contributed by atoms with Gasteiger partial charge < -0.3 is 15.8 Å². The van der Waals surface area contributed by atoms with Gasteiger partial charge in [-0.1, -0.05) is 6.07 Å². The molecule has 0 spiro atoms. The lowest BCUT2D eigenvalue weighted by Crippen LogP contribution is -2.05. The molecule has 1 aromatic carbocycles. The Hall–Kier alpha value is -1.79. The summed E-state index contributed by atoms with van der Waals surface area (Å²) in [6, 6.07) is 5.02. The van der Waals surface area contributed by atoms with Crippen molar-refractivity contribution in [1.82, 2.24) is 9.97 Å². The maximum Gasteiger partial charge on any atom is 0.225 e. The largest absolute Gasteiger partial charge is 0.506 e. The van der Waals surface area contributed by atoms with Crippen LogP contribution in [0.25, 0.3) is 10.9 Å². The maximum absolute atomic E-state index is 9.75. The highest BCUT2D eigenvalue weighted by molar-refractivity contribution is 7.84. The van der Waals surface area contributed by atoms with Crippen LogP contribution in [0, 0.1) is 5.41 Å². The van der Waals surface area contributed by atoms with Crippen molar-refractivity contribution in [3.8, 4) is 5.75 Å². The molecule has 0 amide bonds. The van der Waals surface area contributed by atoms with Gasteiger partial charge in [-0.05, 0) is 29.8 Å². The third kappa shape index (κ3) is 3.15. The Bertz CT molecular complexity index is 659. The molecule has 0 fully saturated rings. The highest BCUT2D eigenvalue weighted by Gasteiger charge is 2.09. The molecule has 0 saturated carbocycles. The van der Waals surface area contributed by atoms with Crippen LogP contribution in [-0.4, -0.2) is 27.8 Å². The van der Waals surface area contributed by atoms with Crippen LogP contribution in [0.5, 0.6) is 5.75 Å². The molecule has 98 valence electrons. The van der Waals surface area contributed by atoms with E-state index in [2.05, 4.69) is 27.9 Å². The second-order valence-electron chi connectivity index (χ2n) is 3.69. The van der Waals surface area contributed by atoms with Gasteiger partial charge in [-0.25, -0.2) is 9.97 Å². The Kier molecular flexibility index (Phi) is 4.24. The highest BCUT2D eigenvalue weighted by Crippen LogP contribution is 2.28. The molecule has 0 unspecified atom stereocenters. The van der Waals surface area contributed by atoms with Gasteiger partial charge >= 0.3 is 0 Å². The van der Waals surface area contributed by atoms with Crippen LogP contribution >= 0.6 is 24.2 Å². The average molecular weight is 295 g/mol. The standard InChI is InChI=1S/C12H11ClN4OS/c13-12-16-10-8(2-1-3-9(10)18)11(17-12)15-6-7(19)4-5-14/h1-5,14,18-19H,6H2,(H,15,16,17)/b7-4-,14-5?. The molecule has 0 aliphatic heterocycles. The average Bonchev–Trinajstić information content (AvgIpc) is 2.37. The van der Waals surface area contributed by atoms with E-state index in [0.29, 0.717) is 28.2 Å². The molecular weight excluding hydrogens is 284 g/mol. The molecule has 2 aromatic rings. The fourth-order valence-corrected chi connectivity index (χ4v) is 1.90. The molecule has 0 saturated heterocycles.